The lowest BCUT2D eigenvalue weighted by molar-refractivity contribution is -0.142. The minimum Gasteiger partial charge on any atom is -0.480 e. The minimum atomic E-state index is -1.25. The molecule has 0 fully saturated rings. The predicted molar refractivity (Wildman–Crippen MR) is 317 cm³/mol. The molecule has 9 atom stereocenters. The quantitative estimate of drug-likeness (QED) is 0.0262. The number of amides is 8. The van der Waals surface area contributed by atoms with E-state index in [0.717, 1.165) is 0 Å². The summed E-state index contributed by atoms with van der Waals surface area (Å²) in [6, 6.07) is -10.5. The van der Waals surface area contributed by atoms with Gasteiger partial charge < -0.3 is 105 Å². The number of carbonyl (C=O) groups is 9. The Morgan fingerprint density at radius 2 is 0.378 bits per heavy atom. The fourth-order valence-corrected chi connectivity index (χ4v) is 8.91. The molecule has 0 radical (unpaired) electrons. The van der Waals surface area contributed by atoms with Crippen molar-refractivity contribution in [3.8, 4) is 0 Å². The molecule has 82 heavy (non-hydrogen) atoms. The highest BCUT2D eigenvalue weighted by Gasteiger charge is 2.35. The van der Waals surface area contributed by atoms with Crippen molar-refractivity contribution < 1.29 is 48.3 Å². The largest absolute Gasteiger partial charge is 0.480 e. The van der Waals surface area contributed by atoms with Gasteiger partial charge in [0.2, 0.25) is 47.3 Å². The Labute approximate surface area is 486 Å². The van der Waals surface area contributed by atoms with E-state index in [1.54, 1.807) is 0 Å². The van der Waals surface area contributed by atoms with Crippen molar-refractivity contribution in [2.75, 3.05) is 58.9 Å². The van der Waals surface area contributed by atoms with Crippen LogP contribution in [0.3, 0.4) is 0 Å². The monoisotopic (exact) mass is 1170 g/mol. The Kier molecular flexibility index (Phi) is 46.2. The van der Waals surface area contributed by atoms with Crippen LogP contribution in [0.2, 0.25) is 0 Å². The number of hydrogen-bond acceptors (Lipinski definition) is 19. The molecule has 28 heteroatoms. The van der Waals surface area contributed by atoms with Gasteiger partial charge in [0.1, 0.15) is 48.3 Å². The highest BCUT2D eigenvalue weighted by molar-refractivity contribution is 5.98. The maximum atomic E-state index is 14.5. The van der Waals surface area contributed by atoms with Gasteiger partial charge in [-0.15, -0.1) is 0 Å². The maximum absolute atomic E-state index is 14.5. The lowest BCUT2D eigenvalue weighted by atomic mass is 10.0. The Bertz CT molecular complexity index is 1810. The molecule has 0 aliphatic rings. The molecule has 8 amide bonds. The van der Waals surface area contributed by atoms with Gasteiger partial charge in [0.25, 0.3) is 0 Å². The summed E-state index contributed by atoms with van der Waals surface area (Å²) in [5.41, 5.74) is 57.9. The van der Waals surface area contributed by atoms with E-state index in [1.165, 1.54) is 0 Å². The molecule has 0 aliphatic carbocycles. The van der Waals surface area contributed by atoms with Gasteiger partial charge in [0, 0.05) is 0 Å². The van der Waals surface area contributed by atoms with Crippen LogP contribution in [0.1, 0.15) is 173 Å². The zero-order valence-corrected chi connectivity index (χ0v) is 49.0. The number of unbranched alkanes of at least 4 members (excludes halogenated alkanes) is 9. The van der Waals surface area contributed by atoms with E-state index in [0.29, 0.717) is 155 Å². The summed E-state index contributed by atoms with van der Waals surface area (Å²) in [4.78, 5) is 125. The van der Waals surface area contributed by atoms with Gasteiger partial charge in [-0.05, 0) is 226 Å². The third-order valence-electron chi connectivity index (χ3n) is 13.9. The van der Waals surface area contributed by atoms with E-state index in [-0.39, 0.29) is 77.5 Å². The molecule has 0 saturated carbocycles. The van der Waals surface area contributed by atoms with Crippen molar-refractivity contribution in [3.05, 3.63) is 0 Å². The van der Waals surface area contributed by atoms with Crippen LogP contribution in [-0.2, 0) is 43.2 Å². The van der Waals surface area contributed by atoms with Crippen molar-refractivity contribution in [3.63, 3.8) is 0 Å². The van der Waals surface area contributed by atoms with Crippen LogP contribution in [0.15, 0.2) is 0 Å². The number of nitrogens with two attached hydrogens (primary N) is 10. The summed E-state index contributed by atoms with van der Waals surface area (Å²) in [6.45, 7) is 2.88. The summed E-state index contributed by atoms with van der Waals surface area (Å²) < 4.78 is 0. The van der Waals surface area contributed by atoms with Crippen molar-refractivity contribution in [2.45, 2.75) is 228 Å². The molecule has 29 N–H and O–H groups in total. The van der Waals surface area contributed by atoms with E-state index >= 15 is 0 Å². The van der Waals surface area contributed by atoms with Gasteiger partial charge in [-0.3, -0.25) is 38.4 Å². The molecule has 0 aromatic carbocycles. The van der Waals surface area contributed by atoms with Crippen molar-refractivity contribution in [2.24, 2.45) is 57.3 Å². The van der Waals surface area contributed by atoms with Crippen molar-refractivity contribution in [1.82, 2.24) is 42.5 Å². The number of aliphatic carboxylic acids is 1. The molecule has 476 valence electrons. The van der Waals surface area contributed by atoms with Crippen LogP contribution in [0.4, 0.5) is 0 Å². The number of rotatable bonds is 53. The van der Waals surface area contributed by atoms with Gasteiger partial charge in [-0.2, -0.15) is 0 Å². The van der Waals surface area contributed by atoms with E-state index in [2.05, 4.69) is 42.5 Å². The summed E-state index contributed by atoms with van der Waals surface area (Å²) >= 11 is 0. The molecular weight excluding hydrogens is 1060 g/mol. The number of carboxylic acids is 1. The van der Waals surface area contributed by atoms with Crippen LogP contribution < -0.4 is 99.9 Å². The molecule has 0 aromatic heterocycles. The second-order valence-electron chi connectivity index (χ2n) is 21.0. The Morgan fingerprint density at radius 3 is 0.549 bits per heavy atom. The van der Waals surface area contributed by atoms with Gasteiger partial charge in [-0.1, -0.05) is 6.42 Å². The topological polar surface area (TPSA) is 530 Å². The number of hydrogen-bond donors (Lipinski definition) is 19. The number of carboxylic acid groups (broad SMARTS) is 1. The molecule has 0 spiro atoms. The third-order valence-corrected chi connectivity index (χ3v) is 13.9. The van der Waals surface area contributed by atoms with Gasteiger partial charge >= 0.3 is 5.97 Å². The second-order valence-corrected chi connectivity index (χ2v) is 21.0. The van der Waals surface area contributed by atoms with Crippen LogP contribution in [0, 0.1) is 0 Å². The average Bonchev–Trinajstić information content (AvgIpc) is 3.45. The normalized spacial score (nSPS) is 14.6. The number of nitrogens with one attached hydrogen (secondary N) is 8. The van der Waals surface area contributed by atoms with Gasteiger partial charge in [-0.25, -0.2) is 4.79 Å². The van der Waals surface area contributed by atoms with Crippen LogP contribution in [0.25, 0.3) is 0 Å². The molecule has 0 aliphatic heterocycles. The first kappa shape index (κ1) is 76.8. The standard InChI is InChI=1S/C54H110N18O10/c55-28-10-1-19-37(64)46(73)65-38(20-2-11-29-56)47(74)66-39(21-3-12-30-57)48(75)67-40(22-4-13-31-58)49(76)68-41(23-5-14-32-59)50(77)69-42(24-6-15-33-60)51(78)70-43(25-7-16-34-61)52(79)71-44(26-8-17-35-62)53(80)72-45(54(81)82)27-9-18-36-63/h37-45H,1-36,55-64H2,(H,65,73)(H,66,74)(H,67,75)(H,68,76)(H,69,77)(H,70,78)(H,71,79)(H,72,80)(H,81,82)/t37-,38-,39-,40-,41-,42-,43-,44-,45-/m0/s1. The third kappa shape index (κ3) is 35.1. The molecule has 0 rings (SSSR count). The van der Waals surface area contributed by atoms with Crippen molar-refractivity contribution in [1.29, 1.82) is 0 Å². The smallest absolute Gasteiger partial charge is 0.326 e. The van der Waals surface area contributed by atoms with Crippen LogP contribution in [0.5, 0.6) is 0 Å². The first-order valence-corrected chi connectivity index (χ1v) is 30.2. The zero-order chi connectivity index (χ0) is 61.5. The molecule has 0 heterocycles. The Morgan fingerprint density at radius 1 is 0.232 bits per heavy atom. The first-order chi connectivity index (χ1) is 39.4. The van der Waals surface area contributed by atoms with E-state index in [4.69, 9.17) is 57.3 Å². The Balaban J connectivity index is 6.94. The van der Waals surface area contributed by atoms with E-state index < -0.39 is 108 Å². The maximum Gasteiger partial charge on any atom is 0.326 e. The van der Waals surface area contributed by atoms with E-state index in [9.17, 15) is 48.3 Å². The highest BCUT2D eigenvalue weighted by atomic mass is 16.4. The summed E-state index contributed by atoms with van der Waals surface area (Å²) in [6.07, 6.45) is 9.98. The van der Waals surface area contributed by atoms with Crippen LogP contribution >= 0.6 is 0 Å². The number of carbonyl (C=O) groups excluding carboxylic acids is 8. The fraction of sp³-hybridized carbons (Fsp3) is 0.833. The predicted octanol–water partition coefficient (Wildman–Crippen LogP) is -3.56. The molecular formula is C54H110N18O10. The van der Waals surface area contributed by atoms with Gasteiger partial charge in [0.15, 0.2) is 0 Å². The Hall–Kier alpha value is -5.17. The zero-order valence-electron chi connectivity index (χ0n) is 49.0. The van der Waals surface area contributed by atoms with Crippen LogP contribution in [-0.4, -0.2) is 172 Å². The average molecular weight is 1170 g/mol. The molecule has 0 unspecified atom stereocenters. The second kappa shape index (κ2) is 49.3. The SMILES string of the molecule is NCCCC[C@H](NC(=O)[C@H](CCCCN)NC(=O)[C@H](CCCCN)NC(=O)[C@H](CCCCN)NC(=O)[C@H](CCCCN)NC(=O)[C@H](CCCCN)NC(=O)[C@H](CCCCN)NC(=O)[C@H](CCCCN)NC(=O)[C@@H](N)CCCCN)C(=O)O. The van der Waals surface area contributed by atoms with Crippen molar-refractivity contribution >= 4 is 53.2 Å². The summed E-state index contributed by atoms with van der Waals surface area (Å²) in [5, 5.41) is 31.8. The molecule has 28 nitrogen and oxygen atoms in total. The fourth-order valence-electron chi connectivity index (χ4n) is 8.91. The highest BCUT2D eigenvalue weighted by Crippen LogP contribution is 2.13. The lowest BCUT2D eigenvalue weighted by Crippen LogP contribution is -2.60. The van der Waals surface area contributed by atoms with E-state index in [1.807, 2.05) is 0 Å². The molecule has 0 aromatic rings. The summed E-state index contributed by atoms with van der Waals surface area (Å²) in [5.74, 6) is -6.75. The minimum absolute atomic E-state index is 0.0778. The lowest BCUT2D eigenvalue weighted by Gasteiger charge is -2.28. The molecule has 0 bridgehead atoms. The summed E-state index contributed by atoms with van der Waals surface area (Å²) in [7, 11) is 0. The van der Waals surface area contributed by atoms with Gasteiger partial charge in [0.05, 0.1) is 6.04 Å². The first-order valence-electron chi connectivity index (χ1n) is 30.2. The molecule has 0 saturated heterocycles.